The third-order valence-corrected chi connectivity index (χ3v) is 9.46. The van der Waals surface area contributed by atoms with Crippen LogP contribution in [-0.4, -0.2) is 178 Å². The number of hydrogen-bond donors (Lipinski definition) is 16. The third kappa shape index (κ3) is 22.5. The molecule has 0 saturated carbocycles. The van der Waals surface area contributed by atoms with E-state index in [1.807, 2.05) is 0 Å². The Kier molecular flexibility index (Phi) is 25.7. The number of aromatic hydroxyl groups is 1. The van der Waals surface area contributed by atoms with E-state index >= 15 is 0 Å². The van der Waals surface area contributed by atoms with Gasteiger partial charge in [0.1, 0.15) is 36.0 Å². The summed E-state index contributed by atoms with van der Waals surface area (Å²) < 4.78 is 0. The van der Waals surface area contributed by atoms with Crippen molar-refractivity contribution in [1.82, 2.24) is 53.2 Å². The summed E-state index contributed by atoms with van der Waals surface area (Å²) in [6, 6.07) is -2.83. The molecule has 1 rings (SSSR count). The van der Waals surface area contributed by atoms with Crippen LogP contribution in [0.15, 0.2) is 24.3 Å². The molecule has 0 heterocycles. The Morgan fingerprint density at radius 1 is 0.515 bits per heavy atom. The summed E-state index contributed by atoms with van der Waals surface area (Å²) >= 11 is 0. The summed E-state index contributed by atoms with van der Waals surface area (Å²) in [7, 11) is 0. The van der Waals surface area contributed by atoms with Crippen LogP contribution in [0, 0.1) is 11.8 Å². The highest BCUT2D eigenvalue weighted by atomic mass is 16.4. The van der Waals surface area contributed by atoms with Crippen LogP contribution in [0.3, 0.4) is 0 Å². The first-order valence-corrected chi connectivity index (χ1v) is 21.3. The van der Waals surface area contributed by atoms with E-state index in [9.17, 15) is 73.2 Å². The van der Waals surface area contributed by atoms with Crippen LogP contribution in [0.25, 0.3) is 0 Å². The van der Waals surface area contributed by atoms with Gasteiger partial charge in [-0.15, -0.1) is 0 Å². The van der Waals surface area contributed by atoms with Gasteiger partial charge in [-0.05, 0) is 49.8 Å². The monoisotopic (exact) mass is 967 g/mol. The molecule has 0 aliphatic heterocycles. The molecule has 10 amide bonds. The molecular formula is C41H65N11O16. The van der Waals surface area contributed by atoms with Crippen molar-refractivity contribution in [2.24, 2.45) is 17.6 Å². The number of carboxylic acid groups (broad SMARTS) is 1. The van der Waals surface area contributed by atoms with Crippen LogP contribution in [0.4, 0.5) is 0 Å². The number of aliphatic carboxylic acids is 1. The van der Waals surface area contributed by atoms with Crippen molar-refractivity contribution in [1.29, 1.82) is 0 Å². The van der Waals surface area contributed by atoms with Crippen LogP contribution in [0.5, 0.6) is 5.75 Å². The van der Waals surface area contributed by atoms with E-state index < -0.39 is 159 Å². The van der Waals surface area contributed by atoms with E-state index in [4.69, 9.17) is 10.8 Å². The third-order valence-electron chi connectivity index (χ3n) is 9.46. The van der Waals surface area contributed by atoms with E-state index in [0.717, 1.165) is 6.92 Å². The number of aliphatic hydroxyl groups excluding tert-OH is 3. The Hall–Kier alpha value is -6.97. The minimum atomic E-state index is -1.71. The number of aliphatic hydroxyl groups is 3. The molecule has 0 fully saturated rings. The predicted octanol–water partition coefficient (Wildman–Crippen LogP) is -7.19. The van der Waals surface area contributed by atoms with Crippen molar-refractivity contribution in [3.8, 4) is 5.75 Å². The molecule has 0 aliphatic carbocycles. The molecule has 1 aromatic carbocycles. The lowest BCUT2D eigenvalue weighted by Crippen LogP contribution is -2.59. The fourth-order valence-electron chi connectivity index (χ4n) is 5.73. The zero-order valence-corrected chi connectivity index (χ0v) is 38.5. The first-order chi connectivity index (χ1) is 31.7. The molecule has 27 heteroatoms. The minimum Gasteiger partial charge on any atom is -0.508 e. The van der Waals surface area contributed by atoms with Crippen molar-refractivity contribution < 1.29 is 78.3 Å². The van der Waals surface area contributed by atoms with Gasteiger partial charge in [-0.2, -0.15) is 0 Å². The topological polar surface area (TPSA) is 435 Å². The average Bonchev–Trinajstić information content (AvgIpc) is 3.26. The maximum absolute atomic E-state index is 13.0. The maximum atomic E-state index is 13.0. The number of carbonyl (C=O) groups excluding carboxylic acids is 10. The van der Waals surface area contributed by atoms with E-state index in [2.05, 4.69) is 53.2 Å². The second-order valence-corrected chi connectivity index (χ2v) is 16.3. The van der Waals surface area contributed by atoms with Crippen LogP contribution >= 0.6 is 0 Å². The first-order valence-electron chi connectivity index (χ1n) is 21.3. The van der Waals surface area contributed by atoms with Crippen molar-refractivity contribution >= 4 is 65.0 Å². The largest absolute Gasteiger partial charge is 0.508 e. The smallest absolute Gasteiger partial charge is 0.328 e. The van der Waals surface area contributed by atoms with Gasteiger partial charge in [0.25, 0.3) is 0 Å². The van der Waals surface area contributed by atoms with Gasteiger partial charge < -0.3 is 84.4 Å². The minimum absolute atomic E-state index is 0.0769. The van der Waals surface area contributed by atoms with Gasteiger partial charge >= 0.3 is 5.97 Å². The van der Waals surface area contributed by atoms with Gasteiger partial charge in [0.2, 0.25) is 59.1 Å². The molecule has 17 N–H and O–H groups in total. The maximum Gasteiger partial charge on any atom is 0.328 e. The normalized spacial score (nSPS) is 14.5. The van der Waals surface area contributed by atoms with Crippen molar-refractivity contribution in [3.05, 3.63) is 29.8 Å². The lowest BCUT2D eigenvalue weighted by Gasteiger charge is -2.26. The standard InChI is InChI=1S/C41H65N11O16/c1-19(2)11-26(49-36(62)25(42)18-53)37(63)51-34(21(5)54)40(66)46-15-30(59)44-13-28(57)43-14-29(58)45-16-32(61)50-33(20(3)4)39(65)47-17-31(60)48-27(12-23-7-9-24(56)10-8-23)38(64)52-35(22(6)55)41(67)68/h7-10,19-22,25-27,33-35,53-56H,11-18,42H2,1-6H3,(H,43,57)(H,44,59)(H,45,58)(H,46,66)(H,47,65)(H,48,60)(H,49,62)(H,50,61)(H,51,63)(H,52,64)(H,67,68)/t21-,22-,25+,26+,27+,33+,34+,35+/m1/s1. The van der Waals surface area contributed by atoms with E-state index in [-0.39, 0.29) is 24.5 Å². The number of nitrogens with one attached hydrogen (secondary N) is 10. The van der Waals surface area contributed by atoms with Crippen LogP contribution in [0.2, 0.25) is 0 Å². The number of rotatable bonds is 29. The van der Waals surface area contributed by atoms with Gasteiger partial charge in [0, 0.05) is 6.42 Å². The highest BCUT2D eigenvalue weighted by Crippen LogP contribution is 2.12. The van der Waals surface area contributed by atoms with Gasteiger partial charge in [-0.25, -0.2) is 4.79 Å². The fourth-order valence-corrected chi connectivity index (χ4v) is 5.73. The Morgan fingerprint density at radius 3 is 1.40 bits per heavy atom. The highest BCUT2D eigenvalue weighted by Gasteiger charge is 2.33. The van der Waals surface area contributed by atoms with Gasteiger partial charge in [-0.3, -0.25) is 47.9 Å². The fraction of sp³-hybridized carbons (Fsp3) is 0.585. The molecule has 68 heavy (non-hydrogen) atoms. The zero-order chi connectivity index (χ0) is 51.8. The summed E-state index contributed by atoms with van der Waals surface area (Å²) in [4.78, 5) is 138. The average molecular weight is 968 g/mol. The predicted molar refractivity (Wildman–Crippen MR) is 237 cm³/mol. The van der Waals surface area contributed by atoms with Gasteiger partial charge in [0.15, 0.2) is 6.04 Å². The highest BCUT2D eigenvalue weighted by molar-refractivity contribution is 5.96. The Balaban J connectivity index is 2.64. The summed E-state index contributed by atoms with van der Waals surface area (Å²) in [6.45, 7) is 4.96. The molecule has 27 nitrogen and oxygen atoms in total. The molecular weight excluding hydrogens is 903 g/mol. The molecule has 0 unspecified atom stereocenters. The molecule has 0 aliphatic rings. The molecule has 1 aromatic rings. The van der Waals surface area contributed by atoms with Crippen molar-refractivity contribution in [2.45, 2.75) is 103 Å². The number of benzene rings is 1. The lowest BCUT2D eigenvalue weighted by molar-refractivity contribution is -0.145. The molecule has 0 spiro atoms. The number of phenolic OH excluding ortho intramolecular Hbond substituents is 1. The number of amides is 10. The Labute approximate surface area is 391 Å². The molecule has 0 aromatic heterocycles. The van der Waals surface area contributed by atoms with Crippen molar-refractivity contribution in [3.63, 3.8) is 0 Å². The number of hydrogen-bond acceptors (Lipinski definition) is 16. The SMILES string of the molecule is CC(C)C[C@H](NC(=O)[C@@H](N)CO)C(=O)N[C@H](C(=O)NCC(=O)NCC(=O)NCC(=O)NCC(=O)N[C@H](C(=O)NCC(=O)N[C@@H](Cc1ccc(O)cc1)C(=O)N[C@H](C(=O)O)[C@@H](C)O)C(C)C)[C@@H](C)O. The van der Waals surface area contributed by atoms with Crippen LogP contribution in [0.1, 0.15) is 53.5 Å². The number of carboxylic acids is 1. The van der Waals surface area contributed by atoms with Crippen LogP contribution in [-0.2, 0) is 59.2 Å². The second-order valence-electron chi connectivity index (χ2n) is 16.3. The van der Waals surface area contributed by atoms with Gasteiger partial charge in [0.05, 0.1) is 51.5 Å². The lowest BCUT2D eigenvalue weighted by atomic mass is 10.0. The van der Waals surface area contributed by atoms with E-state index in [1.54, 1.807) is 27.7 Å². The van der Waals surface area contributed by atoms with E-state index in [0.29, 0.717) is 5.56 Å². The van der Waals surface area contributed by atoms with E-state index in [1.165, 1.54) is 31.2 Å². The summed E-state index contributed by atoms with van der Waals surface area (Å²) in [5, 5.41) is 70.9. The molecule has 0 saturated heterocycles. The first kappa shape index (κ1) is 59.0. The number of phenols is 1. The van der Waals surface area contributed by atoms with Gasteiger partial charge in [-0.1, -0.05) is 39.8 Å². The summed E-state index contributed by atoms with van der Waals surface area (Å²) in [5.74, 6) is -11.0. The molecule has 380 valence electrons. The number of nitrogens with two attached hydrogens (primary N) is 1. The van der Waals surface area contributed by atoms with Crippen LogP contribution < -0.4 is 58.9 Å². The summed E-state index contributed by atoms with van der Waals surface area (Å²) in [5.41, 5.74) is 5.97. The molecule has 8 atom stereocenters. The molecule has 0 radical (unpaired) electrons. The zero-order valence-electron chi connectivity index (χ0n) is 38.5. The summed E-state index contributed by atoms with van der Waals surface area (Å²) in [6.07, 6.45) is -3.02. The quantitative estimate of drug-likeness (QED) is 0.0355. The Bertz CT molecular complexity index is 1930. The Morgan fingerprint density at radius 2 is 0.941 bits per heavy atom. The van der Waals surface area contributed by atoms with Crippen molar-refractivity contribution in [2.75, 3.05) is 39.3 Å². The second kappa shape index (κ2) is 29.6. The molecule has 0 bridgehead atoms. The number of carbonyl (C=O) groups is 11.